The van der Waals surface area contributed by atoms with Gasteiger partial charge in [-0.2, -0.15) is 0 Å². The van der Waals surface area contributed by atoms with Crippen molar-refractivity contribution in [2.75, 3.05) is 7.11 Å². The second-order valence-corrected chi connectivity index (χ2v) is 2.45. The van der Waals surface area contributed by atoms with Crippen LogP contribution in [0.15, 0.2) is 23.0 Å². The van der Waals surface area contributed by atoms with Gasteiger partial charge in [-0.05, 0) is 18.6 Å². The van der Waals surface area contributed by atoms with E-state index in [0.29, 0.717) is 5.56 Å². The Kier molecular flexibility index (Phi) is 2.33. The molecule has 0 fully saturated rings. The fraction of sp³-hybridized carbons (Fsp3) is 0.222. The monoisotopic (exact) mass is 166 g/mol. The maximum absolute atomic E-state index is 11.1. The first-order chi connectivity index (χ1) is 5.66. The number of ether oxygens (including phenoxy) is 1. The maximum Gasteiger partial charge on any atom is 0.224 e. The topological polar surface area (TPSA) is 46.5 Å². The Morgan fingerprint density at radius 2 is 2.08 bits per heavy atom. The number of aryl methyl sites for hydroxylation is 1. The lowest BCUT2D eigenvalue weighted by Gasteiger charge is -1.98. The molecule has 0 amide bonds. The summed E-state index contributed by atoms with van der Waals surface area (Å²) in [5.74, 6) is -0.0926. The van der Waals surface area contributed by atoms with E-state index in [-0.39, 0.29) is 16.9 Å². The summed E-state index contributed by atoms with van der Waals surface area (Å²) >= 11 is 0. The smallest absolute Gasteiger partial charge is 0.224 e. The predicted octanol–water partition coefficient (Wildman–Crippen LogP) is 1.07. The molecular formula is C9H10O3. The molecule has 0 aliphatic heterocycles. The normalized spacial score (nSPS) is 9.50. The van der Waals surface area contributed by atoms with E-state index in [0.717, 1.165) is 0 Å². The lowest BCUT2D eigenvalue weighted by atomic mass is 10.3. The molecule has 64 valence electrons. The number of rotatable bonds is 1. The molecule has 12 heavy (non-hydrogen) atoms. The predicted molar refractivity (Wildman–Crippen MR) is 45.7 cm³/mol. The zero-order valence-electron chi connectivity index (χ0n) is 7.00. The molecule has 0 heterocycles. The second kappa shape index (κ2) is 3.26. The standard InChI is InChI=1S/C9H10O3/c1-6-4-3-5-7(10)9(12-2)8(6)11/h3-5,11H,1-2H3. The van der Waals surface area contributed by atoms with Gasteiger partial charge in [0, 0.05) is 0 Å². The first-order valence-electron chi connectivity index (χ1n) is 3.53. The van der Waals surface area contributed by atoms with Gasteiger partial charge in [0.25, 0.3) is 0 Å². The Morgan fingerprint density at radius 1 is 1.42 bits per heavy atom. The van der Waals surface area contributed by atoms with Crippen LogP contribution >= 0.6 is 0 Å². The first kappa shape index (κ1) is 8.59. The number of hydrogen-bond donors (Lipinski definition) is 1. The summed E-state index contributed by atoms with van der Waals surface area (Å²) < 4.78 is 4.75. The molecule has 3 nitrogen and oxygen atoms in total. The number of hydrogen-bond acceptors (Lipinski definition) is 3. The quantitative estimate of drug-likeness (QED) is 0.678. The summed E-state index contributed by atoms with van der Waals surface area (Å²) in [6, 6.07) is 4.59. The third-order valence-electron chi connectivity index (χ3n) is 1.61. The highest BCUT2D eigenvalue weighted by atomic mass is 16.5. The second-order valence-electron chi connectivity index (χ2n) is 2.45. The van der Waals surface area contributed by atoms with E-state index in [9.17, 15) is 9.90 Å². The van der Waals surface area contributed by atoms with Crippen molar-refractivity contribution in [1.29, 1.82) is 0 Å². The van der Waals surface area contributed by atoms with Gasteiger partial charge in [-0.3, -0.25) is 4.79 Å². The Morgan fingerprint density at radius 3 is 2.67 bits per heavy atom. The molecule has 0 aliphatic rings. The highest BCUT2D eigenvalue weighted by Crippen LogP contribution is 2.23. The van der Waals surface area contributed by atoms with Crippen LogP contribution in [-0.2, 0) is 0 Å². The summed E-state index contributed by atoms with van der Waals surface area (Å²) in [5, 5.41) is 9.41. The van der Waals surface area contributed by atoms with Gasteiger partial charge in [-0.25, -0.2) is 0 Å². The summed E-state index contributed by atoms with van der Waals surface area (Å²) in [6.07, 6.45) is 0. The molecule has 1 aromatic carbocycles. The Balaban J connectivity index is 3.56. The largest absolute Gasteiger partial charge is 0.504 e. The van der Waals surface area contributed by atoms with Gasteiger partial charge in [0.05, 0.1) is 7.11 Å². The van der Waals surface area contributed by atoms with E-state index in [1.807, 2.05) is 0 Å². The van der Waals surface area contributed by atoms with Crippen molar-refractivity contribution in [2.45, 2.75) is 6.92 Å². The van der Waals surface area contributed by atoms with Crippen LogP contribution in [0, 0.1) is 6.92 Å². The van der Waals surface area contributed by atoms with Gasteiger partial charge >= 0.3 is 0 Å². The van der Waals surface area contributed by atoms with Crippen molar-refractivity contribution >= 4 is 0 Å². The van der Waals surface area contributed by atoms with Gasteiger partial charge in [0.15, 0.2) is 5.75 Å². The van der Waals surface area contributed by atoms with Crippen LogP contribution in [0.25, 0.3) is 0 Å². The van der Waals surface area contributed by atoms with Crippen LogP contribution < -0.4 is 10.2 Å². The minimum Gasteiger partial charge on any atom is -0.504 e. The lowest BCUT2D eigenvalue weighted by molar-refractivity contribution is 0.369. The average molecular weight is 166 g/mol. The van der Waals surface area contributed by atoms with Gasteiger partial charge in [0.2, 0.25) is 11.2 Å². The number of aromatic hydroxyl groups is 1. The van der Waals surface area contributed by atoms with Gasteiger partial charge in [-0.1, -0.05) is 12.1 Å². The van der Waals surface area contributed by atoms with Crippen LogP contribution in [0.4, 0.5) is 0 Å². The first-order valence-corrected chi connectivity index (χ1v) is 3.53. The lowest BCUT2D eigenvalue weighted by Crippen LogP contribution is -2.00. The van der Waals surface area contributed by atoms with E-state index in [1.54, 1.807) is 19.1 Å². The molecule has 0 spiro atoms. The molecule has 0 atom stereocenters. The van der Waals surface area contributed by atoms with Crippen LogP contribution in [0.1, 0.15) is 5.56 Å². The molecule has 0 aliphatic carbocycles. The molecule has 0 saturated carbocycles. The summed E-state index contributed by atoms with van der Waals surface area (Å²) in [6.45, 7) is 1.71. The third kappa shape index (κ3) is 1.39. The van der Waals surface area contributed by atoms with E-state index in [4.69, 9.17) is 4.74 Å². The van der Waals surface area contributed by atoms with Crippen molar-refractivity contribution in [3.8, 4) is 11.5 Å². The Bertz CT molecular complexity index is 344. The van der Waals surface area contributed by atoms with Crippen molar-refractivity contribution in [3.05, 3.63) is 34.0 Å². The van der Waals surface area contributed by atoms with Gasteiger partial charge in [0.1, 0.15) is 0 Å². The number of methoxy groups -OCH3 is 1. The van der Waals surface area contributed by atoms with E-state index >= 15 is 0 Å². The highest BCUT2D eigenvalue weighted by Gasteiger charge is 2.05. The van der Waals surface area contributed by atoms with Crippen molar-refractivity contribution in [2.24, 2.45) is 0 Å². The van der Waals surface area contributed by atoms with Gasteiger partial charge in [-0.15, -0.1) is 0 Å². The Hall–Kier alpha value is -1.51. The molecule has 0 aromatic heterocycles. The summed E-state index contributed by atoms with van der Waals surface area (Å²) in [4.78, 5) is 11.1. The highest BCUT2D eigenvalue weighted by molar-refractivity contribution is 5.42. The average Bonchev–Trinajstić information content (AvgIpc) is 2.14. The molecule has 1 aromatic rings. The summed E-state index contributed by atoms with van der Waals surface area (Å²) in [7, 11) is 1.36. The fourth-order valence-corrected chi connectivity index (χ4v) is 0.928. The Labute approximate surface area is 70.2 Å². The zero-order chi connectivity index (χ0) is 9.14. The van der Waals surface area contributed by atoms with Crippen LogP contribution in [0.5, 0.6) is 11.5 Å². The molecule has 0 bridgehead atoms. The molecule has 0 radical (unpaired) electrons. The maximum atomic E-state index is 11.1. The summed E-state index contributed by atoms with van der Waals surface area (Å²) in [5.41, 5.74) is 0.303. The fourth-order valence-electron chi connectivity index (χ4n) is 0.928. The molecular weight excluding hydrogens is 156 g/mol. The minimum atomic E-state index is -0.317. The molecule has 1 N–H and O–H groups in total. The minimum absolute atomic E-state index is 0.00231. The zero-order valence-corrected chi connectivity index (χ0v) is 7.00. The van der Waals surface area contributed by atoms with Gasteiger partial charge < -0.3 is 9.84 Å². The van der Waals surface area contributed by atoms with E-state index < -0.39 is 0 Å². The van der Waals surface area contributed by atoms with Crippen LogP contribution in [0.3, 0.4) is 0 Å². The van der Waals surface area contributed by atoms with Crippen molar-refractivity contribution in [1.82, 2.24) is 0 Å². The SMILES string of the molecule is COc1c(O)c(C)cccc1=O. The van der Waals surface area contributed by atoms with Crippen molar-refractivity contribution < 1.29 is 9.84 Å². The van der Waals surface area contributed by atoms with E-state index in [2.05, 4.69) is 0 Å². The molecule has 3 heteroatoms. The molecule has 0 saturated heterocycles. The third-order valence-corrected chi connectivity index (χ3v) is 1.61. The molecule has 0 unspecified atom stereocenters. The van der Waals surface area contributed by atoms with E-state index in [1.165, 1.54) is 13.2 Å². The van der Waals surface area contributed by atoms with Crippen molar-refractivity contribution in [3.63, 3.8) is 0 Å². The van der Waals surface area contributed by atoms with Crippen LogP contribution in [0.2, 0.25) is 0 Å². The molecule has 1 rings (SSSR count). The van der Waals surface area contributed by atoms with Crippen LogP contribution in [-0.4, -0.2) is 12.2 Å².